The molecular formula is C20H17ClN5O3S2-. The van der Waals surface area contributed by atoms with Crippen molar-refractivity contribution in [3.8, 4) is 0 Å². The highest BCUT2D eigenvalue weighted by molar-refractivity contribution is 7.99. The average Bonchev–Trinajstić information content (AvgIpc) is 3.16. The van der Waals surface area contributed by atoms with Crippen LogP contribution in [0.15, 0.2) is 83.0 Å². The van der Waals surface area contributed by atoms with Crippen LogP contribution in [0.1, 0.15) is 0 Å². The lowest BCUT2D eigenvalue weighted by Gasteiger charge is -2.08. The topological polar surface area (TPSA) is 117 Å². The van der Waals surface area contributed by atoms with Crippen LogP contribution < -0.4 is 22.4 Å². The number of nitrogens with one attached hydrogen (secondary N) is 3. The number of hydrogen-bond donors (Lipinski definition) is 3. The van der Waals surface area contributed by atoms with Gasteiger partial charge in [-0.05, 0) is 48.5 Å². The molecule has 160 valence electrons. The fraction of sp³-hybridized carbons (Fsp3) is 0.0500. The molecule has 0 fully saturated rings. The third kappa shape index (κ3) is 5.75. The lowest BCUT2D eigenvalue weighted by atomic mass is 10.3. The molecule has 8 nitrogen and oxygen atoms in total. The highest BCUT2D eigenvalue weighted by Gasteiger charge is 2.15. The van der Waals surface area contributed by atoms with Crippen LogP contribution in [0.4, 0.5) is 11.5 Å². The van der Waals surface area contributed by atoms with E-state index in [2.05, 4.69) is 25.0 Å². The first-order valence-electron chi connectivity index (χ1n) is 8.91. The lowest BCUT2D eigenvalue weighted by molar-refractivity contribution is -0.113. The number of nitrogens with zero attached hydrogens (tertiary/aromatic N) is 2. The molecule has 0 saturated heterocycles. The number of benzene rings is 2. The summed E-state index contributed by atoms with van der Waals surface area (Å²) in [6, 6.07) is 18.5. The molecule has 0 aliphatic rings. The number of hydrogen-bond acceptors (Lipinski definition) is 6. The first kappa shape index (κ1) is 22.6. The maximum atomic E-state index is 12.4. The fourth-order valence-electron chi connectivity index (χ4n) is 2.67. The molecule has 0 spiro atoms. The summed E-state index contributed by atoms with van der Waals surface area (Å²) in [5, 5.41) is 3.41. The number of carbonyl (C=O) groups is 1. The summed E-state index contributed by atoms with van der Waals surface area (Å²) in [7, 11) is -3.76. The average molecular weight is 475 g/mol. The van der Waals surface area contributed by atoms with E-state index in [0.29, 0.717) is 10.8 Å². The van der Waals surface area contributed by atoms with Gasteiger partial charge in [0.25, 0.3) is 10.0 Å². The van der Waals surface area contributed by atoms with Gasteiger partial charge in [-0.3, -0.25) is 9.52 Å². The van der Waals surface area contributed by atoms with Crippen LogP contribution in [0.5, 0.6) is 0 Å². The molecule has 0 unspecified atom stereocenters. The van der Waals surface area contributed by atoms with Crippen LogP contribution in [0.3, 0.4) is 0 Å². The van der Waals surface area contributed by atoms with Crippen LogP contribution in [-0.2, 0) is 14.8 Å². The van der Waals surface area contributed by atoms with Crippen molar-refractivity contribution in [2.75, 3.05) is 15.8 Å². The van der Waals surface area contributed by atoms with Crippen molar-refractivity contribution in [1.29, 1.82) is 0 Å². The van der Waals surface area contributed by atoms with E-state index < -0.39 is 10.0 Å². The van der Waals surface area contributed by atoms with Crippen molar-refractivity contribution in [2.24, 2.45) is 0 Å². The summed E-state index contributed by atoms with van der Waals surface area (Å²) < 4.78 is 27.2. The van der Waals surface area contributed by atoms with E-state index >= 15 is 0 Å². The van der Waals surface area contributed by atoms with Gasteiger partial charge >= 0.3 is 0 Å². The Bertz CT molecular complexity index is 1250. The third-order valence-electron chi connectivity index (χ3n) is 4.06. The van der Waals surface area contributed by atoms with Gasteiger partial charge < -0.3 is 22.7 Å². The molecule has 4 rings (SSSR count). The second kappa shape index (κ2) is 9.82. The molecule has 4 aromatic rings. The van der Waals surface area contributed by atoms with Gasteiger partial charge in [0.1, 0.15) is 5.82 Å². The van der Waals surface area contributed by atoms with Crippen molar-refractivity contribution in [1.82, 2.24) is 15.0 Å². The van der Waals surface area contributed by atoms with Crippen LogP contribution in [0.25, 0.3) is 11.0 Å². The summed E-state index contributed by atoms with van der Waals surface area (Å²) in [5.41, 5.74) is 2.26. The summed E-state index contributed by atoms with van der Waals surface area (Å²) in [4.78, 5) is 23.8. The fourth-order valence-corrected chi connectivity index (χ4v) is 4.36. The molecule has 0 aliphatic heterocycles. The Labute approximate surface area is 189 Å². The van der Waals surface area contributed by atoms with Gasteiger partial charge in [0.05, 0.1) is 21.7 Å². The van der Waals surface area contributed by atoms with E-state index in [1.54, 1.807) is 18.2 Å². The molecule has 0 bridgehead atoms. The number of para-hydroxylation sites is 2. The maximum absolute atomic E-state index is 12.4. The minimum atomic E-state index is -3.76. The number of amides is 1. The molecule has 0 saturated carbocycles. The largest absolute Gasteiger partial charge is 1.00 e. The molecular weight excluding hydrogens is 458 g/mol. The molecule has 11 heteroatoms. The summed E-state index contributed by atoms with van der Waals surface area (Å²) in [5.74, 6) is 0.182. The standard InChI is InChI=1S/C20H17N5O3S2.ClH/c26-19(13-29-20-23-16-5-1-2-6-17(16)24-20)22-14-8-10-15(11-9-14)30(27,28)25-18-7-3-4-12-21-18;/h1-12H,13H2,(H,21,25)(H,22,26)(H,23,24);1H/p-1. The number of pyridine rings is 1. The Morgan fingerprint density at radius 3 is 2.45 bits per heavy atom. The van der Waals surface area contributed by atoms with Crippen LogP contribution in [0, 0.1) is 0 Å². The molecule has 0 aliphatic carbocycles. The van der Waals surface area contributed by atoms with Gasteiger partial charge in [-0.2, -0.15) is 0 Å². The number of anilines is 2. The molecule has 0 radical (unpaired) electrons. The number of imidazole rings is 1. The maximum Gasteiger partial charge on any atom is 0.263 e. The zero-order chi connectivity index (χ0) is 21.0. The predicted molar refractivity (Wildman–Crippen MR) is 117 cm³/mol. The van der Waals surface area contributed by atoms with Gasteiger partial charge in [-0.25, -0.2) is 18.4 Å². The summed E-state index contributed by atoms with van der Waals surface area (Å²) >= 11 is 1.29. The SMILES string of the molecule is O=C(CSc1nc2ccccc2[nH]1)Nc1ccc(S(=O)(=O)Nc2ccccn2)cc1.[Cl-]. The van der Waals surface area contributed by atoms with E-state index in [1.165, 1.54) is 42.2 Å². The monoisotopic (exact) mass is 474 g/mol. The first-order chi connectivity index (χ1) is 14.5. The zero-order valence-electron chi connectivity index (χ0n) is 15.9. The van der Waals surface area contributed by atoms with Gasteiger partial charge in [-0.1, -0.05) is 30.0 Å². The second-order valence-corrected chi connectivity index (χ2v) is 8.89. The molecule has 1 amide bonds. The minimum Gasteiger partial charge on any atom is -1.00 e. The van der Waals surface area contributed by atoms with E-state index in [4.69, 9.17) is 0 Å². The Kier molecular flexibility index (Phi) is 7.16. The lowest BCUT2D eigenvalue weighted by Crippen LogP contribution is -3.00. The Morgan fingerprint density at radius 2 is 1.74 bits per heavy atom. The van der Waals surface area contributed by atoms with E-state index in [0.717, 1.165) is 11.0 Å². The van der Waals surface area contributed by atoms with Gasteiger partial charge in [0, 0.05) is 11.9 Å². The van der Waals surface area contributed by atoms with Gasteiger partial charge in [0.15, 0.2) is 5.16 Å². The van der Waals surface area contributed by atoms with Crippen molar-refractivity contribution in [2.45, 2.75) is 10.1 Å². The molecule has 2 heterocycles. The number of carbonyl (C=O) groups excluding carboxylic acids is 1. The van der Waals surface area contributed by atoms with E-state index in [-0.39, 0.29) is 34.8 Å². The van der Waals surface area contributed by atoms with Crippen molar-refractivity contribution in [3.05, 3.63) is 72.9 Å². The van der Waals surface area contributed by atoms with Crippen molar-refractivity contribution in [3.63, 3.8) is 0 Å². The molecule has 2 aromatic heterocycles. The highest BCUT2D eigenvalue weighted by Crippen LogP contribution is 2.20. The Hall–Kier alpha value is -3.08. The molecule has 3 N–H and O–H groups in total. The minimum absolute atomic E-state index is 0. The van der Waals surface area contributed by atoms with Crippen LogP contribution >= 0.6 is 11.8 Å². The predicted octanol–water partition coefficient (Wildman–Crippen LogP) is 0.493. The molecule has 31 heavy (non-hydrogen) atoms. The van der Waals surface area contributed by atoms with E-state index in [9.17, 15) is 13.2 Å². The van der Waals surface area contributed by atoms with Gasteiger partial charge in [-0.15, -0.1) is 0 Å². The number of halogens is 1. The first-order valence-corrected chi connectivity index (χ1v) is 11.4. The Morgan fingerprint density at radius 1 is 1.00 bits per heavy atom. The summed E-state index contributed by atoms with van der Waals surface area (Å²) in [6.45, 7) is 0. The number of aromatic amines is 1. The number of H-pyrrole nitrogens is 1. The smallest absolute Gasteiger partial charge is 0.263 e. The quantitative estimate of drug-likeness (QED) is 0.336. The normalized spacial score (nSPS) is 11.0. The number of sulfonamides is 1. The van der Waals surface area contributed by atoms with E-state index in [1.807, 2.05) is 24.3 Å². The number of fused-ring (bicyclic) bond motifs is 1. The zero-order valence-corrected chi connectivity index (χ0v) is 18.3. The number of thioether (sulfide) groups is 1. The van der Waals surface area contributed by atoms with Crippen LogP contribution in [-0.4, -0.2) is 35.0 Å². The molecule has 0 atom stereocenters. The second-order valence-electron chi connectivity index (χ2n) is 6.24. The number of aromatic nitrogens is 3. The van der Waals surface area contributed by atoms with Crippen molar-refractivity contribution >= 4 is 50.2 Å². The molecule has 2 aromatic carbocycles. The summed E-state index contributed by atoms with van der Waals surface area (Å²) in [6.07, 6.45) is 1.50. The third-order valence-corrected chi connectivity index (χ3v) is 6.30. The highest BCUT2D eigenvalue weighted by atomic mass is 35.5. The van der Waals surface area contributed by atoms with Gasteiger partial charge in [0.2, 0.25) is 5.91 Å². The van der Waals surface area contributed by atoms with Crippen molar-refractivity contribution < 1.29 is 25.6 Å². The van der Waals surface area contributed by atoms with Crippen LogP contribution in [0.2, 0.25) is 0 Å². The Balaban J connectivity index is 0.00000272. The number of rotatable bonds is 7.